The monoisotopic (exact) mass is 329 g/mol. The van der Waals surface area contributed by atoms with E-state index >= 15 is 0 Å². The second-order valence-electron chi connectivity index (χ2n) is 7.85. The molecule has 24 heavy (non-hydrogen) atoms. The molecule has 0 aromatic heterocycles. The zero-order valence-electron chi connectivity index (χ0n) is 15.1. The molecule has 2 aliphatic rings. The lowest BCUT2D eigenvalue weighted by Crippen LogP contribution is -2.57. The van der Waals surface area contributed by atoms with Crippen molar-refractivity contribution in [3.8, 4) is 0 Å². The van der Waals surface area contributed by atoms with Crippen LogP contribution in [0.1, 0.15) is 51.5 Å². The number of carbonyl (C=O) groups excluding carboxylic acids is 2. The summed E-state index contributed by atoms with van der Waals surface area (Å²) in [6.45, 7) is 4.43. The third-order valence-electron chi connectivity index (χ3n) is 6.25. The van der Waals surface area contributed by atoms with Crippen molar-refractivity contribution in [2.24, 2.45) is 5.41 Å². The summed E-state index contributed by atoms with van der Waals surface area (Å²) < 4.78 is 4.80. The first-order valence-corrected chi connectivity index (χ1v) is 8.74. The van der Waals surface area contributed by atoms with Crippen molar-refractivity contribution in [3.63, 3.8) is 0 Å². The van der Waals surface area contributed by atoms with E-state index in [9.17, 15) is 9.59 Å². The van der Waals surface area contributed by atoms with Gasteiger partial charge in [-0.15, -0.1) is 0 Å². The number of hydrogen-bond donors (Lipinski definition) is 0. The van der Waals surface area contributed by atoms with Crippen molar-refractivity contribution in [3.05, 3.63) is 29.8 Å². The third kappa shape index (κ3) is 2.35. The van der Waals surface area contributed by atoms with E-state index in [4.69, 9.17) is 4.74 Å². The van der Waals surface area contributed by atoms with E-state index in [0.29, 0.717) is 25.0 Å². The largest absolute Gasteiger partial charge is 0.469 e. The van der Waals surface area contributed by atoms with Gasteiger partial charge in [-0.05, 0) is 29.9 Å². The summed E-state index contributed by atoms with van der Waals surface area (Å²) in [7, 11) is 3.53. The molecule has 0 saturated heterocycles. The number of esters is 1. The molecule has 0 amide bonds. The first-order chi connectivity index (χ1) is 11.3. The molecule has 0 spiro atoms. The molecule has 1 aliphatic carbocycles. The van der Waals surface area contributed by atoms with Gasteiger partial charge in [0, 0.05) is 43.5 Å². The zero-order chi connectivity index (χ0) is 17.5. The molecule has 0 radical (unpaired) electrons. The van der Waals surface area contributed by atoms with Crippen LogP contribution in [0.2, 0.25) is 0 Å². The number of hydrogen-bond acceptors (Lipinski definition) is 4. The van der Waals surface area contributed by atoms with Gasteiger partial charge in [0.25, 0.3) is 0 Å². The maximum absolute atomic E-state index is 12.4. The molecule has 2 unspecified atom stereocenters. The summed E-state index contributed by atoms with van der Waals surface area (Å²) in [6.07, 6.45) is 3.30. The van der Waals surface area contributed by atoms with Crippen molar-refractivity contribution >= 4 is 17.4 Å². The normalized spacial score (nSPS) is 27.6. The molecule has 130 valence electrons. The SMILES string of the molecule is COC(=O)CCCC12c3ccccc3N(C)C1CC(=O)CC2(C)C. The van der Waals surface area contributed by atoms with E-state index in [0.717, 1.165) is 12.8 Å². The Morgan fingerprint density at radius 3 is 2.75 bits per heavy atom. The lowest BCUT2D eigenvalue weighted by Gasteiger charge is -2.52. The highest BCUT2D eigenvalue weighted by molar-refractivity contribution is 5.84. The molecule has 2 atom stereocenters. The van der Waals surface area contributed by atoms with Crippen LogP contribution in [0.25, 0.3) is 0 Å². The average Bonchev–Trinajstić information content (AvgIpc) is 2.78. The van der Waals surface area contributed by atoms with Gasteiger partial charge in [-0.2, -0.15) is 0 Å². The van der Waals surface area contributed by atoms with Gasteiger partial charge in [0.15, 0.2) is 0 Å². The number of rotatable bonds is 4. The van der Waals surface area contributed by atoms with E-state index in [-0.39, 0.29) is 22.8 Å². The fourth-order valence-corrected chi connectivity index (χ4v) is 5.15. The summed E-state index contributed by atoms with van der Waals surface area (Å²) in [5.41, 5.74) is 2.33. The number of benzene rings is 1. The highest BCUT2D eigenvalue weighted by Crippen LogP contribution is 2.61. The van der Waals surface area contributed by atoms with Crippen LogP contribution in [0.5, 0.6) is 0 Å². The average molecular weight is 329 g/mol. The molecule has 1 aromatic carbocycles. The Balaban J connectivity index is 2.04. The summed E-state index contributed by atoms with van der Waals surface area (Å²) in [5.74, 6) is 0.181. The van der Waals surface area contributed by atoms with E-state index in [1.807, 2.05) is 0 Å². The summed E-state index contributed by atoms with van der Waals surface area (Å²) in [5, 5.41) is 0. The smallest absolute Gasteiger partial charge is 0.305 e. The zero-order valence-corrected chi connectivity index (χ0v) is 15.1. The number of ether oxygens (including phenoxy) is 1. The van der Waals surface area contributed by atoms with Crippen LogP contribution in [-0.2, 0) is 19.7 Å². The topological polar surface area (TPSA) is 46.6 Å². The van der Waals surface area contributed by atoms with E-state index in [2.05, 4.69) is 50.1 Å². The number of likely N-dealkylation sites (N-methyl/N-ethyl adjacent to an activating group) is 1. The van der Waals surface area contributed by atoms with Gasteiger partial charge in [-0.1, -0.05) is 32.0 Å². The number of nitrogens with zero attached hydrogens (tertiary/aromatic N) is 1. The Hall–Kier alpha value is -1.84. The minimum Gasteiger partial charge on any atom is -0.469 e. The molecule has 0 bridgehead atoms. The molecule has 4 heteroatoms. The van der Waals surface area contributed by atoms with Gasteiger partial charge < -0.3 is 9.64 Å². The second-order valence-corrected chi connectivity index (χ2v) is 7.85. The predicted molar refractivity (Wildman–Crippen MR) is 94.2 cm³/mol. The third-order valence-corrected chi connectivity index (χ3v) is 6.25. The number of ketones is 1. The number of para-hydroxylation sites is 1. The van der Waals surface area contributed by atoms with Gasteiger partial charge in [-0.3, -0.25) is 9.59 Å². The quantitative estimate of drug-likeness (QED) is 0.794. The Bertz CT molecular complexity index is 667. The van der Waals surface area contributed by atoms with Gasteiger partial charge in [0.2, 0.25) is 0 Å². The van der Waals surface area contributed by atoms with E-state index in [1.54, 1.807) is 0 Å². The van der Waals surface area contributed by atoms with Crippen LogP contribution >= 0.6 is 0 Å². The van der Waals surface area contributed by atoms with Crippen molar-refractivity contribution in [1.82, 2.24) is 0 Å². The Morgan fingerprint density at radius 2 is 2.04 bits per heavy atom. The molecule has 1 aliphatic heterocycles. The van der Waals surface area contributed by atoms with Crippen molar-refractivity contribution in [2.75, 3.05) is 19.1 Å². The summed E-state index contributed by atoms with van der Waals surface area (Å²) >= 11 is 0. The molecule has 1 saturated carbocycles. The standard InChI is InChI=1S/C20H27NO3/c1-19(2)13-14(22)12-17-20(19,11-7-10-18(23)24-4)15-8-5-6-9-16(15)21(17)3/h5-6,8-9,17H,7,10-13H2,1-4H3. The summed E-state index contributed by atoms with van der Waals surface area (Å²) in [6, 6.07) is 8.68. The lowest BCUT2D eigenvalue weighted by atomic mass is 9.52. The number of methoxy groups -OCH3 is 1. The fraction of sp³-hybridized carbons (Fsp3) is 0.600. The maximum atomic E-state index is 12.4. The van der Waals surface area contributed by atoms with Crippen LogP contribution in [0.3, 0.4) is 0 Å². The molecule has 1 aromatic rings. The fourth-order valence-electron chi connectivity index (χ4n) is 5.15. The first-order valence-electron chi connectivity index (χ1n) is 8.74. The van der Waals surface area contributed by atoms with Crippen molar-refractivity contribution in [1.29, 1.82) is 0 Å². The van der Waals surface area contributed by atoms with Crippen LogP contribution < -0.4 is 4.90 Å². The number of fused-ring (bicyclic) bond motifs is 3. The minimum absolute atomic E-state index is 0.0969. The highest BCUT2D eigenvalue weighted by Gasteiger charge is 2.60. The minimum atomic E-state index is -0.160. The van der Waals surface area contributed by atoms with Crippen molar-refractivity contribution < 1.29 is 14.3 Å². The van der Waals surface area contributed by atoms with Crippen LogP contribution in [0.15, 0.2) is 24.3 Å². The molecule has 1 heterocycles. The Kier molecular flexibility index (Phi) is 4.18. The van der Waals surface area contributed by atoms with Crippen molar-refractivity contribution in [2.45, 2.75) is 57.4 Å². The molecular formula is C20H27NO3. The molecule has 0 N–H and O–H groups in total. The molecule has 3 rings (SSSR count). The van der Waals surface area contributed by atoms with Crippen LogP contribution in [0.4, 0.5) is 5.69 Å². The van der Waals surface area contributed by atoms with Gasteiger partial charge in [0.05, 0.1) is 7.11 Å². The van der Waals surface area contributed by atoms with Gasteiger partial charge >= 0.3 is 5.97 Å². The number of carbonyl (C=O) groups is 2. The Labute approximate surface area is 144 Å². The van der Waals surface area contributed by atoms with Gasteiger partial charge in [0.1, 0.15) is 5.78 Å². The highest BCUT2D eigenvalue weighted by atomic mass is 16.5. The number of Topliss-reactive ketones (excluding diaryl/α,β-unsaturated/α-hetero) is 1. The molecule has 4 nitrogen and oxygen atoms in total. The van der Waals surface area contributed by atoms with Crippen LogP contribution in [0, 0.1) is 5.41 Å². The number of anilines is 1. The van der Waals surface area contributed by atoms with E-state index in [1.165, 1.54) is 18.4 Å². The Morgan fingerprint density at radius 1 is 1.33 bits per heavy atom. The first kappa shape index (κ1) is 17.0. The summed E-state index contributed by atoms with van der Waals surface area (Å²) in [4.78, 5) is 26.3. The molecular weight excluding hydrogens is 302 g/mol. The van der Waals surface area contributed by atoms with Gasteiger partial charge in [-0.25, -0.2) is 0 Å². The van der Waals surface area contributed by atoms with E-state index < -0.39 is 0 Å². The second kappa shape index (κ2) is 5.91. The van der Waals surface area contributed by atoms with Crippen LogP contribution in [-0.4, -0.2) is 32.0 Å². The maximum Gasteiger partial charge on any atom is 0.305 e. The molecule has 1 fully saturated rings. The predicted octanol–water partition coefficient (Wildman–Crippen LogP) is 3.48. The lowest BCUT2D eigenvalue weighted by molar-refractivity contribution is -0.141.